The average molecular weight is 474 g/mol. The Labute approximate surface area is 201 Å². The van der Waals surface area contributed by atoms with Gasteiger partial charge in [-0.25, -0.2) is 9.59 Å². The normalized spacial score (nSPS) is 17.4. The van der Waals surface area contributed by atoms with Crippen LogP contribution in [-0.4, -0.2) is 48.3 Å². The van der Waals surface area contributed by atoms with Crippen molar-refractivity contribution >= 4 is 24.1 Å². The Morgan fingerprint density at radius 1 is 1.06 bits per heavy atom. The van der Waals surface area contributed by atoms with E-state index in [0.29, 0.717) is 22.4 Å². The number of nitrogens with one attached hydrogen (secondary N) is 1. The number of ether oxygens (including phenoxy) is 3. The Balaban J connectivity index is 1.51. The summed E-state index contributed by atoms with van der Waals surface area (Å²) in [6.07, 6.45) is 4.29. The van der Waals surface area contributed by atoms with E-state index in [2.05, 4.69) is 15.4 Å². The number of methoxy groups -OCH3 is 2. The van der Waals surface area contributed by atoms with Crippen LogP contribution in [0.25, 0.3) is 0 Å². The first-order chi connectivity index (χ1) is 16.9. The van der Waals surface area contributed by atoms with E-state index in [1.165, 1.54) is 25.6 Å². The minimum absolute atomic E-state index is 0.195. The van der Waals surface area contributed by atoms with Crippen molar-refractivity contribution in [2.24, 2.45) is 5.10 Å². The summed E-state index contributed by atoms with van der Waals surface area (Å²) < 4.78 is 15.9. The van der Waals surface area contributed by atoms with Gasteiger partial charge in [0.25, 0.3) is 5.91 Å². The second-order valence-corrected chi connectivity index (χ2v) is 7.69. The third-order valence-electron chi connectivity index (χ3n) is 5.45. The zero-order chi connectivity index (χ0) is 25.0. The van der Waals surface area contributed by atoms with Gasteiger partial charge in [0.2, 0.25) is 0 Å². The number of pyridine rings is 1. The van der Waals surface area contributed by atoms with E-state index in [0.717, 1.165) is 5.01 Å². The van der Waals surface area contributed by atoms with Gasteiger partial charge in [0.1, 0.15) is 11.3 Å². The molecule has 2 aromatic carbocycles. The lowest BCUT2D eigenvalue weighted by Gasteiger charge is -2.21. The molecule has 178 valence electrons. The highest BCUT2D eigenvalue weighted by atomic mass is 16.6. The van der Waals surface area contributed by atoms with Crippen molar-refractivity contribution < 1.29 is 28.6 Å². The van der Waals surface area contributed by atoms with Crippen LogP contribution in [0.1, 0.15) is 28.4 Å². The minimum Gasteiger partial charge on any atom is -0.497 e. The number of imide groups is 1. The van der Waals surface area contributed by atoms with E-state index in [1.54, 1.807) is 68.8 Å². The van der Waals surface area contributed by atoms with Crippen LogP contribution in [0.5, 0.6) is 17.2 Å². The molecule has 1 saturated heterocycles. The Kier molecular flexibility index (Phi) is 6.45. The molecule has 0 bridgehead atoms. The summed E-state index contributed by atoms with van der Waals surface area (Å²) in [4.78, 5) is 41.8. The molecule has 10 heteroatoms. The number of amides is 3. The van der Waals surface area contributed by atoms with Crippen LogP contribution < -0.4 is 19.5 Å². The lowest BCUT2D eigenvalue weighted by molar-refractivity contribution is -0.131. The van der Waals surface area contributed by atoms with Gasteiger partial charge in [-0.15, -0.1) is 5.01 Å². The molecule has 2 heterocycles. The summed E-state index contributed by atoms with van der Waals surface area (Å²) in [6, 6.07) is 14.1. The van der Waals surface area contributed by atoms with Crippen molar-refractivity contribution in [1.29, 1.82) is 0 Å². The number of nitrogens with zero attached hydrogens (tertiary/aromatic N) is 3. The predicted octanol–water partition coefficient (Wildman–Crippen LogP) is 3.12. The third-order valence-corrected chi connectivity index (χ3v) is 5.45. The quantitative estimate of drug-likeness (QED) is 0.242. The molecule has 4 rings (SSSR count). The standard InChI is InChI=1S/C25H22N4O6/c1-25(18-7-9-19(33-2)10-8-18)23(31)29(24(32)28-25)27-14-16-6-11-20(21(13-16)34-3)35-22(30)17-5-4-12-26-15-17/h4-15H,1-3H3,(H,28,32)/b27-14+. The first kappa shape index (κ1) is 23.4. The molecule has 0 radical (unpaired) electrons. The zero-order valence-corrected chi connectivity index (χ0v) is 19.2. The molecular formula is C25H22N4O6. The molecule has 10 nitrogen and oxygen atoms in total. The summed E-state index contributed by atoms with van der Waals surface area (Å²) in [5.74, 6) is -0.0209. The maximum Gasteiger partial charge on any atom is 0.346 e. The fraction of sp³-hybridized carbons (Fsp3) is 0.160. The Morgan fingerprint density at radius 3 is 2.49 bits per heavy atom. The SMILES string of the molecule is COc1ccc(C2(C)NC(=O)N(/N=C/c3ccc(OC(=O)c4cccnc4)c(OC)c3)C2=O)cc1. The van der Waals surface area contributed by atoms with E-state index in [4.69, 9.17) is 14.2 Å². The van der Waals surface area contributed by atoms with Gasteiger partial charge >= 0.3 is 12.0 Å². The summed E-state index contributed by atoms with van der Waals surface area (Å²) in [5.41, 5.74) is 0.124. The van der Waals surface area contributed by atoms with Crippen molar-refractivity contribution in [1.82, 2.24) is 15.3 Å². The monoisotopic (exact) mass is 474 g/mol. The molecule has 35 heavy (non-hydrogen) atoms. The van der Waals surface area contributed by atoms with Crippen LogP contribution in [0, 0.1) is 0 Å². The number of carbonyl (C=O) groups excluding carboxylic acids is 3. The number of hydrogen-bond donors (Lipinski definition) is 1. The van der Waals surface area contributed by atoms with Crippen LogP contribution in [-0.2, 0) is 10.3 Å². The highest BCUT2D eigenvalue weighted by molar-refractivity contribution is 6.07. The predicted molar refractivity (Wildman–Crippen MR) is 126 cm³/mol. The maximum absolute atomic E-state index is 13.1. The topological polar surface area (TPSA) is 119 Å². The second-order valence-electron chi connectivity index (χ2n) is 7.69. The first-order valence-electron chi connectivity index (χ1n) is 10.5. The summed E-state index contributed by atoms with van der Waals surface area (Å²) in [6.45, 7) is 1.61. The van der Waals surface area contributed by atoms with Gasteiger partial charge in [-0.3, -0.25) is 9.78 Å². The van der Waals surface area contributed by atoms with E-state index in [-0.39, 0.29) is 11.5 Å². The van der Waals surface area contributed by atoms with Gasteiger partial charge in [-0.1, -0.05) is 12.1 Å². The van der Waals surface area contributed by atoms with Gasteiger partial charge in [-0.05, 0) is 60.5 Å². The molecule has 1 atom stereocenters. The fourth-order valence-corrected chi connectivity index (χ4v) is 3.46. The third kappa shape index (κ3) is 4.67. The fourth-order valence-electron chi connectivity index (χ4n) is 3.46. The lowest BCUT2D eigenvalue weighted by Crippen LogP contribution is -2.40. The van der Waals surface area contributed by atoms with Crippen molar-refractivity contribution in [3.63, 3.8) is 0 Å². The molecule has 0 aliphatic carbocycles. The van der Waals surface area contributed by atoms with Gasteiger partial charge < -0.3 is 19.5 Å². The Morgan fingerprint density at radius 2 is 1.83 bits per heavy atom. The van der Waals surface area contributed by atoms with Gasteiger partial charge in [0.15, 0.2) is 11.5 Å². The number of urea groups is 1. The minimum atomic E-state index is -1.28. The van der Waals surface area contributed by atoms with Gasteiger partial charge in [0.05, 0.1) is 26.0 Å². The van der Waals surface area contributed by atoms with Crippen molar-refractivity contribution in [3.05, 3.63) is 83.7 Å². The second kappa shape index (κ2) is 9.64. The number of esters is 1. The van der Waals surface area contributed by atoms with Gasteiger partial charge in [0, 0.05) is 12.4 Å². The summed E-state index contributed by atoms with van der Waals surface area (Å²) in [5, 5.41) is 7.53. The van der Waals surface area contributed by atoms with Crippen LogP contribution >= 0.6 is 0 Å². The number of carbonyl (C=O) groups is 3. The molecule has 1 aromatic heterocycles. The van der Waals surface area contributed by atoms with E-state index >= 15 is 0 Å². The first-order valence-corrected chi connectivity index (χ1v) is 10.5. The molecule has 1 aliphatic heterocycles. The molecule has 0 saturated carbocycles. The molecule has 3 amide bonds. The molecule has 0 spiro atoms. The highest BCUT2D eigenvalue weighted by Gasteiger charge is 2.49. The van der Waals surface area contributed by atoms with Crippen molar-refractivity contribution in [3.8, 4) is 17.2 Å². The van der Waals surface area contributed by atoms with Crippen LogP contribution in [0.15, 0.2) is 72.1 Å². The summed E-state index contributed by atoms with van der Waals surface area (Å²) >= 11 is 0. The number of hydrogen-bond acceptors (Lipinski definition) is 8. The molecule has 1 N–H and O–H groups in total. The number of rotatable bonds is 7. The van der Waals surface area contributed by atoms with Crippen LogP contribution in [0.4, 0.5) is 4.79 Å². The largest absolute Gasteiger partial charge is 0.497 e. The van der Waals surface area contributed by atoms with E-state index < -0.39 is 23.4 Å². The van der Waals surface area contributed by atoms with E-state index in [1.807, 2.05) is 0 Å². The number of hydrazone groups is 1. The Bertz CT molecular complexity index is 1290. The van der Waals surface area contributed by atoms with Crippen molar-refractivity contribution in [2.45, 2.75) is 12.5 Å². The molecule has 3 aromatic rings. The average Bonchev–Trinajstić information content (AvgIpc) is 3.11. The lowest BCUT2D eigenvalue weighted by atomic mass is 9.92. The smallest absolute Gasteiger partial charge is 0.346 e. The highest BCUT2D eigenvalue weighted by Crippen LogP contribution is 2.31. The molecule has 1 fully saturated rings. The maximum atomic E-state index is 13.1. The number of aromatic nitrogens is 1. The Hall–Kier alpha value is -4.73. The zero-order valence-electron chi connectivity index (χ0n) is 19.2. The van der Waals surface area contributed by atoms with Gasteiger partial charge in [-0.2, -0.15) is 5.10 Å². The molecule has 1 aliphatic rings. The number of benzene rings is 2. The summed E-state index contributed by atoms with van der Waals surface area (Å²) in [7, 11) is 2.97. The van der Waals surface area contributed by atoms with Crippen LogP contribution in [0.2, 0.25) is 0 Å². The van der Waals surface area contributed by atoms with E-state index in [9.17, 15) is 14.4 Å². The molecular weight excluding hydrogens is 452 g/mol. The van der Waals surface area contributed by atoms with Crippen LogP contribution in [0.3, 0.4) is 0 Å². The molecule has 1 unspecified atom stereocenters. The van der Waals surface area contributed by atoms with Crippen molar-refractivity contribution in [2.75, 3.05) is 14.2 Å².